The quantitative estimate of drug-likeness (QED) is 0.672. The highest BCUT2D eigenvalue weighted by Gasteiger charge is 2.29. The Balaban J connectivity index is 2.01. The van der Waals surface area contributed by atoms with Gasteiger partial charge in [0.05, 0.1) is 18.9 Å². The first-order valence-corrected chi connectivity index (χ1v) is 5.60. The summed E-state index contributed by atoms with van der Waals surface area (Å²) in [6, 6.07) is 2.24. The number of hydrogen-bond acceptors (Lipinski definition) is 2. The highest BCUT2D eigenvalue weighted by Crippen LogP contribution is 2.40. The zero-order valence-electron chi connectivity index (χ0n) is 8.54. The number of nitriles is 1. The van der Waals surface area contributed by atoms with Gasteiger partial charge >= 0.3 is 0 Å². The predicted molar refractivity (Wildman–Crippen MR) is 54.3 cm³/mol. The Kier molecular flexibility index (Phi) is 3.08. The first kappa shape index (κ1) is 9.58. The van der Waals surface area contributed by atoms with Gasteiger partial charge in [0, 0.05) is 6.42 Å². The molecule has 0 amide bonds. The fraction of sp³-hybridized carbons (Fsp3) is 0.750. The van der Waals surface area contributed by atoms with E-state index >= 15 is 0 Å². The summed E-state index contributed by atoms with van der Waals surface area (Å²) in [7, 11) is 0. The molecule has 76 valence electrons. The van der Waals surface area contributed by atoms with Crippen LogP contribution in [0.3, 0.4) is 0 Å². The summed E-state index contributed by atoms with van der Waals surface area (Å²) < 4.78 is 5.40. The molecule has 1 aliphatic heterocycles. The third kappa shape index (κ3) is 1.92. The van der Waals surface area contributed by atoms with Crippen LogP contribution in [0.2, 0.25) is 0 Å². The molecule has 2 rings (SSSR count). The fourth-order valence-corrected chi connectivity index (χ4v) is 2.70. The maximum atomic E-state index is 8.59. The highest BCUT2D eigenvalue weighted by atomic mass is 16.5. The van der Waals surface area contributed by atoms with Crippen molar-refractivity contribution in [2.75, 3.05) is 6.61 Å². The molecule has 0 aromatic carbocycles. The molecule has 0 aromatic heterocycles. The standard InChI is InChI=1S/C12H17NO/c13-7-2-5-10-3-1-4-11-6-8-14-9-12(10)11/h9-11H,1-6,8H2/t10-,11+/m1/s1. The van der Waals surface area contributed by atoms with Crippen LogP contribution >= 0.6 is 0 Å². The van der Waals surface area contributed by atoms with Crippen LogP contribution in [-0.2, 0) is 4.74 Å². The van der Waals surface area contributed by atoms with Gasteiger partial charge in [-0.1, -0.05) is 6.42 Å². The molecule has 1 aliphatic carbocycles. The van der Waals surface area contributed by atoms with Gasteiger partial charge in [0.25, 0.3) is 0 Å². The molecule has 2 atom stereocenters. The zero-order chi connectivity index (χ0) is 9.80. The van der Waals surface area contributed by atoms with E-state index in [-0.39, 0.29) is 0 Å². The molecule has 2 aliphatic rings. The number of allylic oxidation sites excluding steroid dienone is 1. The molecular weight excluding hydrogens is 174 g/mol. The van der Waals surface area contributed by atoms with Crippen molar-refractivity contribution < 1.29 is 4.74 Å². The van der Waals surface area contributed by atoms with E-state index in [1.165, 1.54) is 31.3 Å². The lowest BCUT2D eigenvalue weighted by Crippen LogP contribution is -2.23. The van der Waals surface area contributed by atoms with E-state index < -0.39 is 0 Å². The van der Waals surface area contributed by atoms with Crippen LogP contribution in [0, 0.1) is 23.2 Å². The number of fused-ring (bicyclic) bond motifs is 1. The fourth-order valence-electron chi connectivity index (χ4n) is 2.70. The van der Waals surface area contributed by atoms with E-state index in [1.54, 1.807) is 0 Å². The average Bonchev–Trinajstić information content (AvgIpc) is 2.26. The van der Waals surface area contributed by atoms with Gasteiger partial charge in [-0.05, 0) is 43.1 Å². The van der Waals surface area contributed by atoms with Gasteiger partial charge < -0.3 is 4.74 Å². The Morgan fingerprint density at radius 1 is 1.43 bits per heavy atom. The van der Waals surface area contributed by atoms with Crippen molar-refractivity contribution >= 4 is 0 Å². The van der Waals surface area contributed by atoms with Crippen LogP contribution in [0.15, 0.2) is 11.8 Å². The van der Waals surface area contributed by atoms with E-state index in [2.05, 4.69) is 6.07 Å². The van der Waals surface area contributed by atoms with Crippen molar-refractivity contribution in [1.29, 1.82) is 5.26 Å². The summed E-state index contributed by atoms with van der Waals surface area (Å²) in [6.07, 6.45) is 8.81. The second-order valence-electron chi connectivity index (χ2n) is 4.30. The van der Waals surface area contributed by atoms with Crippen LogP contribution in [0.5, 0.6) is 0 Å². The molecule has 0 bridgehead atoms. The van der Waals surface area contributed by atoms with Gasteiger partial charge in [0.15, 0.2) is 0 Å². The number of hydrogen-bond donors (Lipinski definition) is 0. The molecule has 1 heterocycles. The molecule has 0 spiro atoms. The molecule has 0 saturated heterocycles. The van der Waals surface area contributed by atoms with E-state index in [1.807, 2.05) is 6.26 Å². The predicted octanol–water partition coefficient (Wildman–Crippen LogP) is 3.01. The van der Waals surface area contributed by atoms with E-state index in [0.29, 0.717) is 12.3 Å². The zero-order valence-corrected chi connectivity index (χ0v) is 8.54. The first-order chi connectivity index (χ1) is 6.92. The SMILES string of the molecule is N#CCC[C@H]1CCC[C@H]2CCOC=C12. The molecular formula is C12H17NO. The summed E-state index contributed by atoms with van der Waals surface area (Å²) in [5.74, 6) is 1.40. The lowest BCUT2D eigenvalue weighted by atomic mass is 9.74. The molecule has 2 nitrogen and oxygen atoms in total. The largest absolute Gasteiger partial charge is 0.501 e. The second kappa shape index (κ2) is 4.50. The third-order valence-corrected chi connectivity index (χ3v) is 3.46. The van der Waals surface area contributed by atoms with Crippen molar-refractivity contribution in [2.45, 2.75) is 38.5 Å². The molecule has 1 fully saturated rings. The summed E-state index contributed by atoms with van der Waals surface area (Å²) in [4.78, 5) is 0. The van der Waals surface area contributed by atoms with Crippen molar-refractivity contribution in [3.8, 4) is 6.07 Å². The van der Waals surface area contributed by atoms with Crippen LogP contribution in [-0.4, -0.2) is 6.61 Å². The van der Waals surface area contributed by atoms with Gasteiger partial charge in [0.2, 0.25) is 0 Å². The maximum Gasteiger partial charge on any atom is 0.0879 e. The molecule has 1 saturated carbocycles. The van der Waals surface area contributed by atoms with Crippen molar-refractivity contribution in [3.63, 3.8) is 0 Å². The second-order valence-corrected chi connectivity index (χ2v) is 4.30. The van der Waals surface area contributed by atoms with Gasteiger partial charge in [-0.2, -0.15) is 5.26 Å². The molecule has 0 unspecified atom stereocenters. The Hall–Kier alpha value is -0.970. The molecule has 2 heteroatoms. The van der Waals surface area contributed by atoms with Gasteiger partial charge in [-0.15, -0.1) is 0 Å². The highest BCUT2D eigenvalue weighted by molar-refractivity contribution is 5.13. The summed E-state index contributed by atoms with van der Waals surface area (Å²) in [5, 5.41) is 8.59. The van der Waals surface area contributed by atoms with Crippen LogP contribution in [0.1, 0.15) is 38.5 Å². The van der Waals surface area contributed by atoms with Crippen LogP contribution < -0.4 is 0 Å². The lowest BCUT2D eigenvalue weighted by Gasteiger charge is -2.34. The molecule has 0 aromatic rings. The Labute approximate surface area is 85.6 Å². The minimum absolute atomic E-state index is 0.633. The smallest absolute Gasteiger partial charge is 0.0879 e. The number of rotatable bonds is 2. The average molecular weight is 191 g/mol. The summed E-state index contributed by atoms with van der Waals surface area (Å²) in [5.41, 5.74) is 1.50. The third-order valence-electron chi connectivity index (χ3n) is 3.46. The molecule has 14 heavy (non-hydrogen) atoms. The minimum atomic E-state index is 0.633. The minimum Gasteiger partial charge on any atom is -0.501 e. The Morgan fingerprint density at radius 3 is 3.21 bits per heavy atom. The van der Waals surface area contributed by atoms with Crippen molar-refractivity contribution in [1.82, 2.24) is 0 Å². The van der Waals surface area contributed by atoms with Crippen LogP contribution in [0.4, 0.5) is 0 Å². The number of nitrogens with zero attached hydrogens (tertiary/aromatic N) is 1. The van der Waals surface area contributed by atoms with Crippen molar-refractivity contribution in [3.05, 3.63) is 11.8 Å². The van der Waals surface area contributed by atoms with E-state index in [4.69, 9.17) is 10.00 Å². The van der Waals surface area contributed by atoms with Gasteiger partial charge in [-0.3, -0.25) is 0 Å². The van der Waals surface area contributed by atoms with Gasteiger partial charge in [0.1, 0.15) is 0 Å². The summed E-state index contributed by atoms with van der Waals surface area (Å²) in [6.45, 7) is 0.888. The Morgan fingerprint density at radius 2 is 2.36 bits per heavy atom. The summed E-state index contributed by atoms with van der Waals surface area (Å²) >= 11 is 0. The topological polar surface area (TPSA) is 33.0 Å². The molecule has 0 radical (unpaired) electrons. The van der Waals surface area contributed by atoms with Crippen LogP contribution in [0.25, 0.3) is 0 Å². The van der Waals surface area contributed by atoms with E-state index in [9.17, 15) is 0 Å². The van der Waals surface area contributed by atoms with E-state index in [0.717, 1.165) is 18.9 Å². The maximum absolute atomic E-state index is 8.59. The first-order valence-electron chi connectivity index (χ1n) is 5.60. The molecule has 0 N–H and O–H groups in total. The normalized spacial score (nSPS) is 30.9. The lowest BCUT2D eigenvalue weighted by molar-refractivity contribution is 0.169. The van der Waals surface area contributed by atoms with Crippen molar-refractivity contribution in [2.24, 2.45) is 11.8 Å². The monoisotopic (exact) mass is 191 g/mol. The number of ether oxygens (including phenoxy) is 1. The van der Waals surface area contributed by atoms with Gasteiger partial charge in [-0.25, -0.2) is 0 Å². The Bertz CT molecular complexity index is 264.